The van der Waals surface area contributed by atoms with Crippen LogP contribution in [0.2, 0.25) is 0 Å². The van der Waals surface area contributed by atoms with Crippen LogP contribution in [0.25, 0.3) is 11.3 Å². The Morgan fingerprint density at radius 1 is 1.18 bits per heavy atom. The van der Waals surface area contributed by atoms with Crippen LogP contribution in [-0.4, -0.2) is 36.0 Å². The minimum atomic E-state index is -0.732. The molecule has 8 nitrogen and oxygen atoms in total. The first-order valence-electron chi connectivity index (χ1n) is 11.3. The van der Waals surface area contributed by atoms with E-state index in [0.717, 1.165) is 25.0 Å². The van der Waals surface area contributed by atoms with Gasteiger partial charge in [0.05, 0.1) is 31.0 Å². The topological polar surface area (TPSA) is 88.4 Å². The zero-order valence-corrected chi connectivity index (χ0v) is 20.6. The molecule has 0 fully saturated rings. The van der Waals surface area contributed by atoms with E-state index in [1.54, 1.807) is 35.9 Å². The summed E-state index contributed by atoms with van der Waals surface area (Å²) in [5.41, 5.74) is 2.09. The fourth-order valence-corrected chi connectivity index (χ4v) is 5.07. The molecule has 2 heterocycles. The lowest BCUT2D eigenvalue weighted by Crippen LogP contribution is -2.60. The highest BCUT2D eigenvalue weighted by molar-refractivity contribution is 7.99. The first kappa shape index (κ1) is 23.8. The summed E-state index contributed by atoms with van der Waals surface area (Å²) in [5, 5.41) is 5.34. The first-order valence-corrected chi connectivity index (χ1v) is 12.3. The molecule has 4 rings (SSSR count). The van der Waals surface area contributed by atoms with Crippen molar-refractivity contribution in [2.45, 2.75) is 44.4 Å². The molecular weight excluding hydrogens is 452 g/mol. The van der Waals surface area contributed by atoms with Gasteiger partial charge in [-0.25, -0.2) is 4.90 Å². The Kier molecular flexibility index (Phi) is 7.21. The SMILES string of the molecule is CCCCCSc1n[n+]2c(c(=O)[nH]1)-c1ccccc1N(C(C)=O)[C@H]2c1cc(OC)ccc1OC. The molecule has 0 saturated heterocycles. The van der Waals surface area contributed by atoms with E-state index in [4.69, 9.17) is 14.6 Å². The van der Waals surface area contributed by atoms with Crippen LogP contribution in [0.15, 0.2) is 52.4 Å². The lowest BCUT2D eigenvalue weighted by atomic mass is 10.0. The van der Waals surface area contributed by atoms with Crippen LogP contribution >= 0.6 is 11.8 Å². The summed E-state index contributed by atoms with van der Waals surface area (Å²) in [7, 11) is 3.16. The predicted molar refractivity (Wildman–Crippen MR) is 132 cm³/mol. The number of ether oxygens (including phenoxy) is 2. The van der Waals surface area contributed by atoms with Crippen molar-refractivity contribution < 1.29 is 19.0 Å². The van der Waals surface area contributed by atoms with Crippen LogP contribution in [0.5, 0.6) is 11.5 Å². The van der Waals surface area contributed by atoms with Gasteiger partial charge in [-0.2, -0.15) is 0 Å². The molecule has 0 radical (unpaired) electrons. The van der Waals surface area contributed by atoms with E-state index >= 15 is 0 Å². The number of hydrogen-bond donors (Lipinski definition) is 1. The molecule has 3 aromatic rings. The van der Waals surface area contributed by atoms with Gasteiger partial charge in [0.1, 0.15) is 11.5 Å². The highest BCUT2D eigenvalue weighted by Crippen LogP contribution is 2.40. The summed E-state index contributed by atoms with van der Waals surface area (Å²) >= 11 is 1.51. The van der Waals surface area contributed by atoms with Gasteiger partial charge in [0.15, 0.2) is 0 Å². The third-order valence-electron chi connectivity index (χ3n) is 5.80. The molecule has 0 unspecified atom stereocenters. The molecule has 9 heteroatoms. The predicted octanol–water partition coefficient (Wildman–Crippen LogP) is 3.94. The molecule has 1 aliphatic heterocycles. The van der Waals surface area contributed by atoms with Crippen LogP contribution < -0.4 is 24.6 Å². The third kappa shape index (κ3) is 4.40. The van der Waals surface area contributed by atoms with Gasteiger partial charge in [0.2, 0.25) is 11.1 Å². The number of thioether (sulfide) groups is 1. The second-order valence-electron chi connectivity index (χ2n) is 8.00. The number of carbonyl (C=O) groups excluding carboxylic acids is 1. The number of methoxy groups -OCH3 is 2. The Bertz CT molecular complexity index is 1260. The number of aromatic amines is 1. The van der Waals surface area contributed by atoms with Crippen molar-refractivity contribution in [1.82, 2.24) is 10.1 Å². The van der Waals surface area contributed by atoms with E-state index in [1.807, 2.05) is 30.3 Å². The zero-order chi connectivity index (χ0) is 24.2. The molecule has 1 aromatic heterocycles. The van der Waals surface area contributed by atoms with E-state index in [2.05, 4.69) is 11.9 Å². The molecule has 178 valence electrons. The molecular formula is C25H29N4O4S+. The molecule has 1 amide bonds. The Labute approximate surface area is 202 Å². The number of unbranched alkanes of at least 4 members (excludes halogenated alkanes) is 2. The summed E-state index contributed by atoms with van der Waals surface area (Å²) < 4.78 is 12.8. The third-order valence-corrected chi connectivity index (χ3v) is 6.75. The molecule has 0 spiro atoms. The Morgan fingerprint density at radius 2 is 1.97 bits per heavy atom. The van der Waals surface area contributed by atoms with Crippen molar-refractivity contribution in [2.75, 3.05) is 24.9 Å². The lowest BCUT2D eigenvalue weighted by molar-refractivity contribution is -0.763. The number of amides is 1. The number of benzene rings is 2. The van der Waals surface area contributed by atoms with Crippen molar-refractivity contribution in [3.8, 4) is 22.8 Å². The Morgan fingerprint density at radius 3 is 2.68 bits per heavy atom. The Hall–Kier alpha value is -3.33. The van der Waals surface area contributed by atoms with Gasteiger partial charge in [-0.1, -0.05) is 43.7 Å². The van der Waals surface area contributed by atoms with Gasteiger partial charge in [0, 0.05) is 17.8 Å². The summed E-state index contributed by atoms with van der Waals surface area (Å²) in [5.74, 6) is 1.84. The van der Waals surface area contributed by atoms with Crippen molar-refractivity contribution in [3.05, 3.63) is 58.4 Å². The summed E-state index contributed by atoms with van der Waals surface area (Å²) in [4.78, 5) is 31.0. The van der Waals surface area contributed by atoms with E-state index < -0.39 is 6.17 Å². The second-order valence-corrected chi connectivity index (χ2v) is 9.08. The molecule has 2 aromatic carbocycles. The van der Waals surface area contributed by atoms with E-state index in [0.29, 0.717) is 39.2 Å². The number of para-hydroxylation sites is 1. The van der Waals surface area contributed by atoms with Crippen molar-refractivity contribution >= 4 is 23.4 Å². The highest BCUT2D eigenvalue weighted by atomic mass is 32.2. The van der Waals surface area contributed by atoms with Crippen molar-refractivity contribution in [2.24, 2.45) is 0 Å². The van der Waals surface area contributed by atoms with Gasteiger partial charge in [-0.05, 0) is 41.4 Å². The maximum absolute atomic E-state index is 13.4. The summed E-state index contributed by atoms with van der Waals surface area (Å²) in [6.07, 6.45) is 2.53. The van der Waals surface area contributed by atoms with E-state index in [9.17, 15) is 9.59 Å². The largest absolute Gasteiger partial charge is 0.497 e. The molecule has 34 heavy (non-hydrogen) atoms. The zero-order valence-electron chi connectivity index (χ0n) is 19.8. The molecule has 0 saturated carbocycles. The average molecular weight is 482 g/mol. The smallest absolute Gasteiger partial charge is 0.325 e. The molecule has 0 aliphatic carbocycles. The number of hydrogen-bond acceptors (Lipinski definition) is 6. The maximum atomic E-state index is 13.4. The fourth-order valence-electron chi connectivity index (χ4n) is 4.22. The molecule has 0 bridgehead atoms. The van der Waals surface area contributed by atoms with Gasteiger partial charge in [-0.3, -0.25) is 14.6 Å². The molecule has 1 N–H and O–H groups in total. The monoisotopic (exact) mass is 481 g/mol. The van der Waals surface area contributed by atoms with E-state index in [-0.39, 0.29) is 11.5 Å². The molecule has 1 atom stereocenters. The van der Waals surface area contributed by atoms with E-state index in [1.165, 1.54) is 18.7 Å². The highest BCUT2D eigenvalue weighted by Gasteiger charge is 2.46. The van der Waals surface area contributed by atoms with Crippen molar-refractivity contribution in [1.29, 1.82) is 0 Å². The fraction of sp³-hybridized carbons (Fsp3) is 0.360. The quantitative estimate of drug-likeness (QED) is 0.298. The number of anilines is 1. The number of aromatic nitrogens is 3. The number of nitrogens with one attached hydrogen (secondary N) is 1. The summed E-state index contributed by atoms with van der Waals surface area (Å²) in [6, 6.07) is 12.8. The minimum Gasteiger partial charge on any atom is -0.497 e. The maximum Gasteiger partial charge on any atom is 0.325 e. The number of nitrogens with zero attached hydrogens (tertiary/aromatic N) is 3. The number of fused-ring (bicyclic) bond motifs is 3. The van der Waals surface area contributed by atoms with Crippen LogP contribution in [0.1, 0.15) is 44.8 Å². The van der Waals surface area contributed by atoms with Crippen LogP contribution in [0, 0.1) is 0 Å². The van der Waals surface area contributed by atoms with Gasteiger partial charge < -0.3 is 9.47 Å². The second kappa shape index (κ2) is 10.3. The normalized spacial score (nSPS) is 14.4. The summed E-state index contributed by atoms with van der Waals surface area (Å²) in [6.45, 7) is 3.66. The molecule has 1 aliphatic rings. The van der Waals surface area contributed by atoms with Crippen molar-refractivity contribution in [3.63, 3.8) is 0 Å². The Balaban J connectivity index is 1.97. The standard InChI is InChI=1S/C25H28N4O4S/c1-5-6-9-14-34-25-26-23(31)22-18-10-7-8-11-20(18)28(16(2)30)24(29(22)27-25)19-15-17(32-3)12-13-21(19)33-4/h7-8,10-13,15,24H,5-6,9,14H2,1-4H3/p+1/t24-/m1/s1. The van der Waals surface area contributed by atoms with Gasteiger partial charge in [0.25, 0.3) is 6.17 Å². The number of carbonyl (C=O) groups is 1. The first-order chi connectivity index (χ1) is 16.5. The lowest BCUT2D eigenvalue weighted by Gasteiger charge is -2.32. The van der Waals surface area contributed by atoms with Gasteiger partial charge >= 0.3 is 11.3 Å². The minimum absolute atomic E-state index is 0.181. The average Bonchev–Trinajstić information content (AvgIpc) is 2.85. The van der Waals surface area contributed by atoms with Crippen LogP contribution in [-0.2, 0) is 4.79 Å². The van der Waals surface area contributed by atoms with Crippen LogP contribution in [0.4, 0.5) is 5.69 Å². The number of rotatable bonds is 8. The number of H-pyrrole nitrogens is 1. The van der Waals surface area contributed by atoms with Crippen LogP contribution in [0.3, 0.4) is 0 Å². The van der Waals surface area contributed by atoms with Gasteiger partial charge in [-0.15, -0.1) is 0 Å².